The Labute approximate surface area is 204 Å². The lowest BCUT2D eigenvalue weighted by atomic mass is 10.2. The number of benzene rings is 2. The third-order valence-electron chi connectivity index (χ3n) is 4.62. The van der Waals surface area contributed by atoms with Gasteiger partial charge in [-0.1, -0.05) is 53.0 Å². The van der Waals surface area contributed by atoms with Gasteiger partial charge in [0.25, 0.3) is 5.91 Å². The van der Waals surface area contributed by atoms with Crippen LogP contribution in [0.5, 0.6) is 11.5 Å². The first kappa shape index (κ1) is 23.0. The van der Waals surface area contributed by atoms with Crippen LogP contribution in [-0.4, -0.2) is 22.8 Å². The van der Waals surface area contributed by atoms with E-state index in [9.17, 15) is 4.79 Å². The van der Waals surface area contributed by atoms with Crippen LogP contribution in [0.4, 0.5) is 5.82 Å². The number of halogens is 3. The predicted octanol–water partition coefficient (Wildman–Crippen LogP) is 6.32. The van der Waals surface area contributed by atoms with Crippen molar-refractivity contribution in [3.63, 3.8) is 0 Å². The van der Waals surface area contributed by atoms with Gasteiger partial charge in [-0.05, 0) is 42.0 Å². The third-order valence-corrected chi connectivity index (χ3v) is 5.48. The molecule has 0 fully saturated rings. The predicted molar refractivity (Wildman–Crippen MR) is 127 cm³/mol. The molecule has 7 nitrogen and oxygen atoms in total. The SMILES string of the molecule is COc1ccccc1OCc1ccc(C(=O)Nc2nn(Cc3ccc(Cl)cc3Cl)cc2Cl)o1. The Hall–Kier alpha value is -3.13. The van der Waals surface area contributed by atoms with Crippen LogP contribution in [-0.2, 0) is 13.2 Å². The van der Waals surface area contributed by atoms with E-state index < -0.39 is 5.91 Å². The highest BCUT2D eigenvalue weighted by molar-refractivity contribution is 6.35. The minimum absolute atomic E-state index is 0.0972. The molecule has 0 saturated heterocycles. The fourth-order valence-corrected chi connectivity index (χ4v) is 3.69. The molecule has 0 aliphatic heterocycles. The first-order valence-corrected chi connectivity index (χ1v) is 10.9. The Morgan fingerprint density at radius 2 is 1.85 bits per heavy atom. The molecule has 0 atom stereocenters. The van der Waals surface area contributed by atoms with Gasteiger partial charge >= 0.3 is 0 Å². The van der Waals surface area contributed by atoms with Crippen molar-refractivity contribution in [2.24, 2.45) is 0 Å². The molecular weight excluding hydrogens is 489 g/mol. The van der Waals surface area contributed by atoms with E-state index in [1.54, 1.807) is 60.5 Å². The van der Waals surface area contributed by atoms with Crippen LogP contribution in [0.3, 0.4) is 0 Å². The minimum Gasteiger partial charge on any atom is -0.493 e. The van der Waals surface area contributed by atoms with Crippen LogP contribution in [0.15, 0.2) is 65.2 Å². The summed E-state index contributed by atoms with van der Waals surface area (Å²) < 4.78 is 18.1. The molecule has 0 radical (unpaired) electrons. The van der Waals surface area contributed by atoms with Gasteiger partial charge in [-0.2, -0.15) is 5.10 Å². The zero-order chi connectivity index (χ0) is 23.4. The number of methoxy groups -OCH3 is 1. The summed E-state index contributed by atoms with van der Waals surface area (Å²) in [6, 6.07) is 15.7. The van der Waals surface area contributed by atoms with E-state index >= 15 is 0 Å². The van der Waals surface area contributed by atoms with Crippen molar-refractivity contribution in [2.45, 2.75) is 13.2 Å². The van der Waals surface area contributed by atoms with E-state index in [1.165, 1.54) is 0 Å². The second-order valence-corrected chi connectivity index (χ2v) is 8.17. The molecular formula is C23H18Cl3N3O4. The average Bonchev–Trinajstić information content (AvgIpc) is 3.41. The number of hydrogen-bond acceptors (Lipinski definition) is 5. The summed E-state index contributed by atoms with van der Waals surface area (Å²) in [7, 11) is 1.56. The normalized spacial score (nSPS) is 10.8. The number of aromatic nitrogens is 2. The minimum atomic E-state index is -0.491. The fourth-order valence-electron chi connectivity index (χ4n) is 3.02. The maximum atomic E-state index is 12.6. The van der Waals surface area contributed by atoms with Gasteiger partial charge in [0, 0.05) is 16.2 Å². The van der Waals surface area contributed by atoms with E-state index in [0.29, 0.717) is 33.8 Å². The summed E-state index contributed by atoms with van der Waals surface area (Å²) in [4.78, 5) is 12.6. The number of nitrogens with one attached hydrogen (secondary N) is 1. The van der Waals surface area contributed by atoms with E-state index in [2.05, 4.69) is 10.4 Å². The molecule has 170 valence electrons. The van der Waals surface area contributed by atoms with Gasteiger partial charge in [0.1, 0.15) is 17.4 Å². The van der Waals surface area contributed by atoms with Crippen LogP contribution < -0.4 is 14.8 Å². The van der Waals surface area contributed by atoms with E-state index in [4.69, 9.17) is 48.7 Å². The Bertz CT molecular complexity index is 1290. The molecule has 33 heavy (non-hydrogen) atoms. The van der Waals surface area contributed by atoms with Crippen molar-refractivity contribution in [2.75, 3.05) is 12.4 Å². The molecule has 1 amide bonds. The highest BCUT2D eigenvalue weighted by Gasteiger charge is 2.17. The molecule has 1 N–H and O–H groups in total. The number of anilines is 1. The molecule has 0 aliphatic rings. The van der Waals surface area contributed by atoms with Gasteiger partial charge in [0.05, 0.1) is 13.7 Å². The van der Waals surface area contributed by atoms with Crippen molar-refractivity contribution in [3.8, 4) is 11.5 Å². The Morgan fingerprint density at radius 1 is 1.06 bits per heavy atom. The lowest BCUT2D eigenvalue weighted by molar-refractivity contribution is 0.0992. The summed E-state index contributed by atoms with van der Waals surface area (Å²) in [5.74, 6) is 1.46. The van der Waals surface area contributed by atoms with Crippen molar-refractivity contribution in [1.29, 1.82) is 0 Å². The number of hydrogen-bond donors (Lipinski definition) is 1. The second-order valence-electron chi connectivity index (χ2n) is 6.92. The van der Waals surface area contributed by atoms with Gasteiger partial charge < -0.3 is 19.2 Å². The molecule has 10 heteroatoms. The van der Waals surface area contributed by atoms with Crippen molar-refractivity contribution >= 4 is 46.5 Å². The van der Waals surface area contributed by atoms with Crippen molar-refractivity contribution in [1.82, 2.24) is 9.78 Å². The quantitative estimate of drug-likeness (QED) is 0.302. The Kier molecular flexibility index (Phi) is 7.13. The Balaban J connectivity index is 1.39. The van der Waals surface area contributed by atoms with Crippen LogP contribution in [0.25, 0.3) is 0 Å². The van der Waals surface area contributed by atoms with Gasteiger partial charge in [-0.25, -0.2) is 0 Å². The lowest BCUT2D eigenvalue weighted by Gasteiger charge is -2.08. The molecule has 2 aromatic carbocycles. The standard InChI is InChI=1S/C23H18Cl3N3O4/c1-31-19-4-2-3-5-20(19)32-13-16-8-9-21(33-16)23(30)27-22-18(26)12-29(28-22)11-14-6-7-15(24)10-17(14)25/h2-10,12H,11,13H2,1H3,(H,27,28,30). The summed E-state index contributed by atoms with van der Waals surface area (Å²) in [5.41, 5.74) is 0.809. The number of rotatable bonds is 8. The van der Waals surface area contributed by atoms with E-state index in [0.717, 1.165) is 5.56 Å². The number of nitrogens with zero attached hydrogens (tertiary/aromatic N) is 2. The van der Waals surface area contributed by atoms with Crippen molar-refractivity contribution < 1.29 is 18.7 Å². The number of ether oxygens (including phenoxy) is 2. The zero-order valence-corrected chi connectivity index (χ0v) is 19.6. The van der Waals surface area contributed by atoms with Gasteiger partial charge in [0.2, 0.25) is 0 Å². The summed E-state index contributed by atoms with van der Waals surface area (Å²) in [5, 5.41) is 8.30. The van der Waals surface area contributed by atoms with Crippen LogP contribution in [0, 0.1) is 0 Å². The molecule has 2 heterocycles. The van der Waals surface area contributed by atoms with E-state index in [-0.39, 0.29) is 23.2 Å². The smallest absolute Gasteiger partial charge is 0.292 e. The molecule has 0 saturated carbocycles. The number of carbonyl (C=O) groups is 1. The van der Waals surface area contributed by atoms with Crippen LogP contribution >= 0.6 is 34.8 Å². The summed E-state index contributed by atoms with van der Waals surface area (Å²) in [6.07, 6.45) is 1.59. The Morgan fingerprint density at radius 3 is 2.61 bits per heavy atom. The topological polar surface area (TPSA) is 78.5 Å². The van der Waals surface area contributed by atoms with E-state index in [1.807, 2.05) is 12.1 Å². The molecule has 0 aliphatic carbocycles. The number of amides is 1. The molecule has 0 unspecified atom stereocenters. The first-order chi connectivity index (χ1) is 15.9. The molecule has 0 spiro atoms. The maximum Gasteiger partial charge on any atom is 0.292 e. The third kappa shape index (κ3) is 5.63. The van der Waals surface area contributed by atoms with Gasteiger partial charge in [-0.15, -0.1) is 0 Å². The second kappa shape index (κ2) is 10.2. The van der Waals surface area contributed by atoms with Crippen LogP contribution in [0.2, 0.25) is 15.1 Å². The molecule has 0 bridgehead atoms. The molecule has 4 aromatic rings. The maximum absolute atomic E-state index is 12.6. The highest BCUT2D eigenvalue weighted by atomic mass is 35.5. The number of furan rings is 1. The largest absolute Gasteiger partial charge is 0.493 e. The fraction of sp³-hybridized carbons (Fsp3) is 0.130. The first-order valence-electron chi connectivity index (χ1n) is 9.75. The van der Waals surface area contributed by atoms with Crippen LogP contribution in [0.1, 0.15) is 21.9 Å². The number of carbonyl (C=O) groups excluding carboxylic acids is 1. The number of para-hydroxylation sites is 2. The van der Waals surface area contributed by atoms with Gasteiger partial charge in [0.15, 0.2) is 23.1 Å². The van der Waals surface area contributed by atoms with Gasteiger partial charge in [-0.3, -0.25) is 9.48 Å². The molecule has 2 aromatic heterocycles. The summed E-state index contributed by atoms with van der Waals surface area (Å²) in [6.45, 7) is 0.488. The highest BCUT2D eigenvalue weighted by Crippen LogP contribution is 2.27. The molecule has 4 rings (SSSR count). The summed E-state index contributed by atoms with van der Waals surface area (Å²) >= 11 is 18.4. The van der Waals surface area contributed by atoms with Crippen molar-refractivity contribution in [3.05, 3.63) is 92.9 Å². The zero-order valence-electron chi connectivity index (χ0n) is 17.3. The monoisotopic (exact) mass is 505 g/mol. The average molecular weight is 507 g/mol. The lowest BCUT2D eigenvalue weighted by Crippen LogP contribution is -2.12.